The number of rotatable bonds is 9. The lowest BCUT2D eigenvalue weighted by molar-refractivity contribution is 0.455. The van der Waals surface area contributed by atoms with Gasteiger partial charge in [0.1, 0.15) is 0 Å². The maximum Gasteiger partial charge on any atom is 0.193 e. The normalized spacial score (nSPS) is 11.1. The van der Waals surface area contributed by atoms with Crippen LogP contribution >= 0.6 is 24.0 Å². The number of halogens is 1. The van der Waals surface area contributed by atoms with Gasteiger partial charge in [-0.3, -0.25) is 4.99 Å². The Labute approximate surface area is 186 Å². The third-order valence-electron chi connectivity index (χ3n) is 4.46. The molecule has 0 amide bonds. The zero-order valence-electron chi connectivity index (χ0n) is 17.5. The van der Waals surface area contributed by atoms with Crippen molar-refractivity contribution in [2.45, 2.75) is 46.1 Å². The molecule has 6 nitrogen and oxygen atoms in total. The molecule has 2 heterocycles. The van der Waals surface area contributed by atoms with Gasteiger partial charge in [0.15, 0.2) is 11.8 Å². The number of aryl methyl sites for hydroxylation is 2. The Morgan fingerprint density at radius 1 is 1.29 bits per heavy atom. The fourth-order valence-electron chi connectivity index (χ4n) is 2.99. The molecule has 0 aliphatic heterocycles. The summed E-state index contributed by atoms with van der Waals surface area (Å²) in [5.41, 5.74) is 3.19. The molecule has 2 rings (SSSR count). The van der Waals surface area contributed by atoms with Crippen molar-refractivity contribution in [2.75, 3.05) is 20.6 Å². The maximum absolute atomic E-state index is 4.55. The summed E-state index contributed by atoms with van der Waals surface area (Å²) < 4.78 is 1.87. The predicted octanol–water partition coefficient (Wildman–Crippen LogP) is 4.26. The zero-order chi connectivity index (χ0) is 19.6. The molecule has 28 heavy (non-hydrogen) atoms. The third-order valence-corrected chi connectivity index (χ3v) is 4.46. The van der Waals surface area contributed by atoms with E-state index in [0.717, 1.165) is 48.1 Å². The minimum absolute atomic E-state index is 0. The number of aromatic nitrogens is 3. The lowest BCUT2D eigenvalue weighted by Gasteiger charge is -2.22. The molecule has 0 fully saturated rings. The largest absolute Gasteiger partial charge is 0.352 e. The average molecular weight is 496 g/mol. The number of allylic oxidation sites excluding steroid dienone is 1. The van der Waals surface area contributed by atoms with Gasteiger partial charge in [0, 0.05) is 39.1 Å². The van der Waals surface area contributed by atoms with E-state index >= 15 is 0 Å². The summed E-state index contributed by atoms with van der Waals surface area (Å²) in [6.45, 7) is 9.48. The predicted molar refractivity (Wildman–Crippen MR) is 128 cm³/mol. The topological polar surface area (TPSA) is 58.3 Å². The van der Waals surface area contributed by atoms with Gasteiger partial charge in [0.25, 0.3) is 0 Å². The Kier molecular flexibility index (Phi) is 10.8. The highest BCUT2D eigenvalue weighted by atomic mass is 127. The molecular formula is C21H33IN6. The Balaban J connectivity index is 0.00000392. The highest BCUT2D eigenvalue weighted by Gasteiger charge is 2.07. The zero-order valence-corrected chi connectivity index (χ0v) is 19.8. The molecule has 0 aliphatic carbocycles. The van der Waals surface area contributed by atoms with Crippen molar-refractivity contribution in [1.29, 1.82) is 0 Å². The number of guanidine groups is 1. The molecule has 0 saturated heterocycles. The minimum atomic E-state index is 0. The van der Waals surface area contributed by atoms with E-state index in [9.17, 15) is 0 Å². The summed E-state index contributed by atoms with van der Waals surface area (Å²) in [5.74, 6) is 1.74. The number of hydrogen-bond acceptors (Lipinski definition) is 3. The van der Waals surface area contributed by atoms with Crippen LogP contribution in [0.4, 0.5) is 0 Å². The van der Waals surface area contributed by atoms with Crippen LogP contribution in [0.3, 0.4) is 0 Å². The Bertz CT molecular complexity index is 751. The SMILES string of the molecule is C=CCCCCCN(C)C(=NC)NCc1ccc(-n2nc(C)cc2C)nc1.I. The fraction of sp³-hybridized carbons (Fsp3) is 0.476. The van der Waals surface area contributed by atoms with E-state index in [2.05, 4.69) is 45.0 Å². The number of unbranched alkanes of at least 4 members (excludes halogenated alkanes) is 3. The standard InChI is InChI=1S/C21H32N6.HI/c1-6-7-8-9-10-13-26(5)21(22-4)24-16-19-11-12-20(23-15-19)27-18(3)14-17(2)25-27;/h6,11-12,14-15H,1,7-10,13,16H2,2-5H3,(H,22,24);1H. The fourth-order valence-corrected chi connectivity index (χ4v) is 2.99. The molecule has 0 spiro atoms. The average Bonchev–Trinajstić information content (AvgIpc) is 3.00. The number of aliphatic imine (C=N–C) groups is 1. The summed E-state index contributed by atoms with van der Waals surface area (Å²) in [4.78, 5) is 11.1. The summed E-state index contributed by atoms with van der Waals surface area (Å²) in [7, 11) is 3.90. The summed E-state index contributed by atoms with van der Waals surface area (Å²) in [6.07, 6.45) is 8.54. The second-order valence-electron chi connectivity index (χ2n) is 6.82. The van der Waals surface area contributed by atoms with Crippen LogP contribution < -0.4 is 5.32 Å². The first-order chi connectivity index (χ1) is 13.0. The highest BCUT2D eigenvalue weighted by Crippen LogP contribution is 2.10. The van der Waals surface area contributed by atoms with Gasteiger partial charge in [-0.1, -0.05) is 18.6 Å². The molecule has 154 valence electrons. The second-order valence-corrected chi connectivity index (χ2v) is 6.82. The van der Waals surface area contributed by atoms with E-state index in [1.54, 1.807) is 0 Å². The maximum atomic E-state index is 4.55. The molecule has 1 N–H and O–H groups in total. The van der Waals surface area contributed by atoms with Crippen molar-refractivity contribution in [3.05, 3.63) is 54.0 Å². The number of nitrogens with one attached hydrogen (secondary N) is 1. The van der Waals surface area contributed by atoms with E-state index in [1.165, 1.54) is 12.8 Å². The molecule has 0 aliphatic rings. The molecular weight excluding hydrogens is 463 g/mol. The van der Waals surface area contributed by atoms with E-state index in [4.69, 9.17) is 0 Å². The van der Waals surface area contributed by atoms with Crippen molar-refractivity contribution < 1.29 is 0 Å². The van der Waals surface area contributed by atoms with Gasteiger partial charge < -0.3 is 10.2 Å². The Hall–Kier alpha value is -1.90. The van der Waals surface area contributed by atoms with Gasteiger partial charge in [-0.2, -0.15) is 5.10 Å². The minimum Gasteiger partial charge on any atom is -0.352 e. The first-order valence-corrected chi connectivity index (χ1v) is 9.56. The monoisotopic (exact) mass is 496 g/mol. The highest BCUT2D eigenvalue weighted by molar-refractivity contribution is 14.0. The molecule has 2 aromatic rings. The van der Waals surface area contributed by atoms with Crippen molar-refractivity contribution in [3.63, 3.8) is 0 Å². The number of nitrogens with zero attached hydrogens (tertiary/aromatic N) is 5. The van der Waals surface area contributed by atoms with Gasteiger partial charge in [-0.25, -0.2) is 9.67 Å². The molecule has 0 atom stereocenters. The molecule has 0 unspecified atom stereocenters. The van der Waals surface area contributed by atoms with Crippen molar-refractivity contribution in [2.24, 2.45) is 4.99 Å². The van der Waals surface area contributed by atoms with Gasteiger partial charge >= 0.3 is 0 Å². The third kappa shape index (κ3) is 7.26. The van der Waals surface area contributed by atoms with Gasteiger partial charge in [0.05, 0.1) is 5.69 Å². The van der Waals surface area contributed by atoms with Crippen molar-refractivity contribution >= 4 is 29.9 Å². The molecule has 0 radical (unpaired) electrons. The van der Waals surface area contributed by atoms with Crippen molar-refractivity contribution in [3.8, 4) is 5.82 Å². The number of hydrogen-bond donors (Lipinski definition) is 1. The van der Waals surface area contributed by atoms with E-state index in [1.807, 2.05) is 50.0 Å². The summed E-state index contributed by atoms with van der Waals surface area (Å²) in [5, 5.41) is 7.88. The Morgan fingerprint density at radius 3 is 2.64 bits per heavy atom. The van der Waals surface area contributed by atoms with Crippen molar-refractivity contribution in [1.82, 2.24) is 25.0 Å². The van der Waals surface area contributed by atoms with Crippen LogP contribution in [-0.2, 0) is 6.54 Å². The van der Waals surface area contributed by atoms with Gasteiger partial charge in [-0.15, -0.1) is 30.6 Å². The quantitative estimate of drug-likeness (QED) is 0.185. The van der Waals surface area contributed by atoms with E-state index < -0.39 is 0 Å². The van der Waals surface area contributed by atoms with Crippen LogP contribution in [0, 0.1) is 13.8 Å². The van der Waals surface area contributed by atoms with Crippen LogP contribution in [0.1, 0.15) is 42.6 Å². The molecule has 7 heteroatoms. The van der Waals surface area contributed by atoms with Crippen LogP contribution in [-0.4, -0.2) is 46.3 Å². The molecule has 0 aromatic carbocycles. The summed E-state index contributed by atoms with van der Waals surface area (Å²) >= 11 is 0. The van der Waals surface area contributed by atoms with Crippen LogP contribution in [0.25, 0.3) is 5.82 Å². The Morgan fingerprint density at radius 2 is 2.07 bits per heavy atom. The smallest absolute Gasteiger partial charge is 0.193 e. The molecule has 0 saturated carbocycles. The summed E-state index contributed by atoms with van der Waals surface area (Å²) in [6, 6.07) is 6.13. The molecule has 0 bridgehead atoms. The first kappa shape index (κ1) is 24.1. The van der Waals surface area contributed by atoms with Crippen LogP contribution in [0.2, 0.25) is 0 Å². The number of pyridine rings is 1. The first-order valence-electron chi connectivity index (χ1n) is 9.56. The van der Waals surface area contributed by atoms with Gasteiger partial charge in [0.2, 0.25) is 0 Å². The molecule has 2 aromatic heterocycles. The van der Waals surface area contributed by atoms with Crippen LogP contribution in [0.5, 0.6) is 0 Å². The van der Waals surface area contributed by atoms with E-state index in [-0.39, 0.29) is 24.0 Å². The lowest BCUT2D eigenvalue weighted by Crippen LogP contribution is -2.39. The van der Waals surface area contributed by atoms with E-state index in [0.29, 0.717) is 6.54 Å². The second kappa shape index (κ2) is 12.5. The van der Waals surface area contributed by atoms with Crippen LogP contribution in [0.15, 0.2) is 42.0 Å². The lowest BCUT2D eigenvalue weighted by atomic mass is 10.2. The van der Waals surface area contributed by atoms with Gasteiger partial charge in [-0.05, 0) is 50.8 Å².